The van der Waals surface area contributed by atoms with Gasteiger partial charge in [-0.25, -0.2) is 0 Å². The Balaban J connectivity index is 1.42. The first-order valence-electron chi connectivity index (χ1n) is 11.5. The number of piperazine rings is 1. The third-order valence-electron chi connectivity index (χ3n) is 6.23. The molecule has 0 aromatic heterocycles. The standard InChI is InChI=1S/C28H32N2O2/c1-3-23-12-10-11-17-26(23)32-22(2)28(31)30-20-18-29(19-21-30)27(24-13-6-4-7-14-24)25-15-8-5-9-16-25/h4-17,22,27H,3,18-21H2,1-2H3/t22-/m0/s1. The summed E-state index contributed by atoms with van der Waals surface area (Å²) in [6, 6.07) is 29.4. The maximum Gasteiger partial charge on any atom is 0.263 e. The summed E-state index contributed by atoms with van der Waals surface area (Å²) in [4.78, 5) is 17.5. The number of carbonyl (C=O) groups is 1. The van der Waals surface area contributed by atoms with Crippen molar-refractivity contribution >= 4 is 5.91 Å². The van der Waals surface area contributed by atoms with Gasteiger partial charge < -0.3 is 9.64 Å². The minimum absolute atomic E-state index is 0.0616. The highest BCUT2D eigenvalue weighted by molar-refractivity contribution is 5.81. The molecule has 0 radical (unpaired) electrons. The highest BCUT2D eigenvalue weighted by Gasteiger charge is 2.30. The van der Waals surface area contributed by atoms with Crippen molar-refractivity contribution in [1.82, 2.24) is 9.80 Å². The van der Waals surface area contributed by atoms with Crippen LogP contribution < -0.4 is 4.74 Å². The summed E-state index contributed by atoms with van der Waals surface area (Å²) in [5, 5.41) is 0. The van der Waals surface area contributed by atoms with Crippen molar-refractivity contribution < 1.29 is 9.53 Å². The van der Waals surface area contributed by atoms with E-state index in [0.717, 1.165) is 30.8 Å². The number of hydrogen-bond donors (Lipinski definition) is 0. The molecule has 32 heavy (non-hydrogen) atoms. The third-order valence-corrected chi connectivity index (χ3v) is 6.23. The Bertz CT molecular complexity index is 959. The summed E-state index contributed by atoms with van der Waals surface area (Å²) in [5.74, 6) is 0.870. The molecule has 4 rings (SSSR count). The quantitative estimate of drug-likeness (QED) is 0.534. The SMILES string of the molecule is CCc1ccccc1O[C@@H](C)C(=O)N1CCN(C(c2ccccc2)c2ccccc2)CC1. The van der Waals surface area contributed by atoms with E-state index in [0.29, 0.717) is 13.1 Å². The fraction of sp³-hybridized carbons (Fsp3) is 0.321. The first kappa shape index (κ1) is 22.1. The van der Waals surface area contributed by atoms with E-state index in [-0.39, 0.29) is 11.9 Å². The van der Waals surface area contributed by atoms with Crippen LogP contribution in [0.5, 0.6) is 5.75 Å². The molecule has 3 aromatic rings. The average Bonchev–Trinajstić information content (AvgIpc) is 2.86. The Kier molecular flexibility index (Phi) is 7.23. The molecule has 166 valence electrons. The maximum absolute atomic E-state index is 13.1. The van der Waals surface area contributed by atoms with Gasteiger partial charge in [0, 0.05) is 26.2 Å². The number of amides is 1. The number of para-hydroxylation sites is 1. The van der Waals surface area contributed by atoms with Crippen LogP contribution in [-0.4, -0.2) is 48.0 Å². The van der Waals surface area contributed by atoms with Gasteiger partial charge in [-0.2, -0.15) is 0 Å². The Hall–Kier alpha value is -3.11. The first-order valence-corrected chi connectivity index (χ1v) is 11.5. The molecule has 0 N–H and O–H groups in total. The third kappa shape index (κ3) is 5.03. The molecule has 0 saturated carbocycles. The van der Waals surface area contributed by atoms with Crippen LogP contribution in [0, 0.1) is 0 Å². The van der Waals surface area contributed by atoms with Crippen molar-refractivity contribution in [2.24, 2.45) is 0 Å². The van der Waals surface area contributed by atoms with Crippen molar-refractivity contribution in [3.63, 3.8) is 0 Å². The van der Waals surface area contributed by atoms with Crippen LogP contribution in [0.15, 0.2) is 84.9 Å². The number of ether oxygens (including phenoxy) is 1. The van der Waals surface area contributed by atoms with Crippen LogP contribution in [0.3, 0.4) is 0 Å². The second-order valence-electron chi connectivity index (χ2n) is 8.31. The number of carbonyl (C=O) groups excluding carboxylic acids is 1. The van der Waals surface area contributed by atoms with Crippen LogP contribution in [0.2, 0.25) is 0 Å². The normalized spacial score (nSPS) is 15.5. The summed E-state index contributed by atoms with van der Waals surface area (Å²) in [7, 11) is 0. The number of benzene rings is 3. The van der Waals surface area contributed by atoms with Crippen molar-refractivity contribution in [1.29, 1.82) is 0 Å². The zero-order chi connectivity index (χ0) is 22.3. The fourth-order valence-electron chi connectivity index (χ4n) is 4.49. The zero-order valence-corrected chi connectivity index (χ0v) is 19.0. The summed E-state index contributed by atoms with van der Waals surface area (Å²) in [6.45, 7) is 7.04. The van der Waals surface area contributed by atoms with E-state index in [4.69, 9.17) is 4.74 Å². The van der Waals surface area contributed by atoms with Gasteiger partial charge in [0.05, 0.1) is 6.04 Å². The molecule has 0 spiro atoms. The number of nitrogens with zero attached hydrogens (tertiary/aromatic N) is 2. The summed E-state index contributed by atoms with van der Waals surface area (Å²) < 4.78 is 6.06. The van der Waals surface area contributed by atoms with Gasteiger partial charge >= 0.3 is 0 Å². The molecule has 1 fully saturated rings. The lowest BCUT2D eigenvalue weighted by atomic mass is 9.96. The molecule has 0 bridgehead atoms. The van der Waals surface area contributed by atoms with Gasteiger partial charge in [-0.3, -0.25) is 9.69 Å². The molecular formula is C28H32N2O2. The molecule has 0 aliphatic carbocycles. The second kappa shape index (κ2) is 10.5. The lowest BCUT2D eigenvalue weighted by molar-refractivity contribution is -0.140. The highest BCUT2D eigenvalue weighted by atomic mass is 16.5. The van der Waals surface area contributed by atoms with E-state index in [9.17, 15) is 4.79 Å². The van der Waals surface area contributed by atoms with E-state index in [1.165, 1.54) is 11.1 Å². The predicted octanol–water partition coefficient (Wildman–Crippen LogP) is 4.95. The van der Waals surface area contributed by atoms with Gasteiger partial charge in [0.15, 0.2) is 6.10 Å². The molecule has 1 aliphatic heterocycles. The highest BCUT2D eigenvalue weighted by Crippen LogP contribution is 2.29. The summed E-state index contributed by atoms with van der Waals surface area (Å²) in [6.07, 6.45) is 0.393. The first-order chi connectivity index (χ1) is 15.7. The molecule has 0 unspecified atom stereocenters. The molecular weight excluding hydrogens is 396 g/mol. The molecule has 1 heterocycles. The Labute approximate surface area is 191 Å². The molecule has 4 nitrogen and oxygen atoms in total. The Morgan fingerprint density at radius 1 is 0.812 bits per heavy atom. The molecule has 4 heteroatoms. The second-order valence-corrected chi connectivity index (χ2v) is 8.31. The van der Waals surface area contributed by atoms with E-state index >= 15 is 0 Å². The van der Waals surface area contributed by atoms with Crippen molar-refractivity contribution in [2.45, 2.75) is 32.4 Å². The lowest BCUT2D eigenvalue weighted by Gasteiger charge is -2.40. The van der Waals surface area contributed by atoms with E-state index in [1.807, 2.05) is 30.0 Å². The smallest absolute Gasteiger partial charge is 0.263 e. The molecule has 1 aliphatic rings. The van der Waals surface area contributed by atoms with E-state index in [1.54, 1.807) is 0 Å². The van der Waals surface area contributed by atoms with Gasteiger partial charge in [0.2, 0.25) is 0 Å². The van der Waals surface area contributed by atoms with Crippen LogP contribution in [0.4, 0.5) is 0 Å². The molecule has 1 saturated heterocycles. The summed E-state index contributed by atoms with van der Waals surface area (Å²) in [5.41, 5.74) is 3.70. The number of rotatable bonds is 7. The monoisotopic (exact) mass is 428 g/mol. The van der Waals surface area contributed by atoms with Gasteiger partial charge in [0.1, 0.15) is 5.75 Å². The number of aryl methyl sites for hydroxylation is 1. The van der Waals surface area contributed by atoms with Crippen molar-refractivity contribution in [3.05, 3.63) is 102 Å². The average molecular weight is 429 g/mol. The zero-order valence-electron chi connectivity index (χ0n) is 19.0. The molecule has 1 amide bonds. The van der Waals surface area contributed by atoms with Gasteiger partial charge in [-0.15, -0.1) is 0 Å². The van der Waals surface area contributed by atoms with Crippen LogP contribution >= 0.6 is 0 Å². The Morgan fingerprint density at radius 3 is 1.91 bits per heavy atom. The van der Waals surface area contributed by atoms with Gasteiger partial charge in [0.25, 0.3) is 5.91 Å². The van der Waals surface area contributed by atoms with E-state index in [2.05, 4.69) is 78.6 Å². The molecule has 1 atom stereocenters. The van der Waals surface area contributed by atoms with Crippen LogP contribution in [0.25, 0.3) is 0 Å². The van der Waals surface area contributed by atoms with Crippen molar-refractivity contribution in [3.8, 4) is 5.75 Å². The lowest BCUT2D eigenvalue weighted by Crippen LogP contribution is -2.52. The minimum Gasteiger partial charge on any atom is -0.481 e. The molecule has 3 aromatic carbocycles. The predicted molar refractivity (Wildman–Crippen MR) is 129 cm³/mol. The van der Waals surface area contributed by atoms with Crippen LogP contribution in [-0.2, 0) is 11.2 Å². The summed E-state index contributed by atoms with van der Waals surface area (Å²) >= 11 is 0. The number of hydrogen-bond acceptors (Lipinski definition) is 3. The minimum atomic E-state index is -0.492. The Morgan fingerprint density at radius 2 is 1.34 bits per heavy atom. The fourth-order valence-corrected chi connectivity index (χ4v) is 4.49. The maximum atomic E-state index is 13.1. The largest absolute Gasteiger partial charge is 0.481 e. The van der Waals surface area contributed by atoms with Crippen LogP contribution in [0.1, 0.15) is 36.6 Å². The van der Waals surface area contributed by atoms with E-state index < -0.39 is 6.10 Å². The van der Waals surface area contributed by atoms with Crippen molar-refractivity contribution in [2.75, 3.05) is 26.2 Å². The van der Waals surface area contributed by atoms with Gasteiger partial charge in [-0.05, 0) is 36.1 Å². The van der Waals surface area contributed by atoms with Gasteiger partial charge in [-0.1, -0.05) is 85.8 Å². The topological polar surface area (TPSA) is 32.8 Å².